The average molecular weight is 207 g/mol. The van der Waals surface area contributed by atoms with Crippen molar-refractivity contribution in [2.45, 2.75) is 30.6 Å². The van der Waals surface area contributed by atoms with Gasteiger partial charge >= 0.3 is 6.09 Å². The molecule has 0 N–H and O–H groups in total. The number of amides is 1. The van der Waals surface area contributed by atoms with Gasteiger partial charge in [0.1, 0.15) is 18.2 Å². The van der Waals surface area contributed by atoms with E-state index in [1.807, 2.05) is 4.90 Å². The molecule has 2 bridgehead atoms. The lowest BCUT2D eigenvalue weighted by Crippen LogP contribution is -2.57. The first-order chi connectivity index (χ1) is 7.29. The fourth-order valence-electron chi connectivity index (χ4n) is 3.59. The highest BCUT2D eigenvalue weighted by Crippen LogP contribution is 2.51. The van der Waals surface area contributed by atoms with Gasteiger partial charge in [-0.3, -0.25) is 4.90 Å². The molecule has 1 amide bonds. The predicted molar refractivity (Wildman–Crippen MR) is 51.3 cm³/mol. The van der Waals surface area contributed by atoms with Gasteiger partial charge in [-0.1, -0.05) is 12.2 Å². The normalized spacial score (nSPS) is 50.5. The van der Waals surface area contributed by atoms with E-state index < -0.39 is 0 Å². The van der Waals surface area contributed by atoms with Crippen LogP contribution in [0.5, 0.6) is 0 Å². The third-order valence-electron chi connectivity index (χ3n) is 4.30. The van der Waals surface area contributed by atoms with Crippen LogP contribution in [-0.4, -0.2) is 41.9 Å². The maximum atomic E-state index is 11.5. The van der Waals surface area contributed by atoms with Crippen molar-refractivity contribution in [1.82, 2.24) is 4.90 Å². The van der Waals surface area contributed by atoms with Crippen LogP contribution in [0.15, 0.2) is 12.2 Å². The standard InChI is InChI=1S/C11H13NO3/c13-10-12-4-2-7-5-8-1-3-11(7,15-8)9(12)6-14-10/h1,3,7-9H,2,4-6H2/t7-,8-,9+,11-/m0/s1. The summed E-state index contributed by atoms with van der Waals surface area (Å²) >= 11 is 0. The number of carbonyl (C=O) groups is 1. The molecule has 3 fully saturated rings. The summed E-state index contributed by atoms with van der Waals surface area (Å²) in [6.07, 6.45) is 6.60. The van der Waals surface area contributed by atoms with Crippen LogP contribution in [-0.2, 0) is 9.47 Å². The summed E-state index contributed by atoms with van der Waals surface area (Å²) in [7, 11) is 0. The van der Waals surface area contributed by atoms with Crippen molar-refractivity contribution in [2.24, 2.45) is 5.92 Å². The zero-order valence-corrected chi connectivity index (χ0v) is 8.39. The average Bonchev–Trinajstić information content (AvgIpc) is 2.88. The summed E-state index contributed by atoms with van der Waals surface area (Å²) in [6, 6.07) is 0.118. The molecule has 0 saturated carbocycles. The first-order valence-electron chi connectivity index (χ1n) is 5.60. The van der Waals surface area contributed by atoms with E-state index in [2.05, 4.69) is 12.2 Å². The van der Waals surface area contributed by atoms with Gasteiger partial charge in [0.15, 0.2) is 0 Å². The Morgan fingerprint density at radius 2 is 2.47 bits per heavy atom. The summed E-state index contributed by atoms with van der Waals surface area (Å²) < 4.78 is 11.2. The van der Waals surface area contributed by atoms with Crippen molar-refractivity contribution in [2.75, 3.05) is 13.2 Å². The van der Waals surface area contributed by atoms with E-state index in [0.717, 1.165) is 19.4 Å². The van der Waals surface area contributed by atoms with Crippen LogP contribution in [0.25, 0.3) is 0 Å². The molecule has 4 atom stereocenters. The third-order valence-corrected chi connectivity index (χ3v) is 4.30. The lowest BCUT2D eigenvalue weighted by Gasteiger charge is -2.43. The summed E-state index contributed by atoms with van der Waals surface area (Å²) in [5, 5.41) is 0. The monoisotopic (exact) mass is 207 g/mol. The van der Waals surface area contributed by atoms with E-state index >= 15 is 0 Å². The van der Waals surface area contributed by atoms with Gasteiger partial charge in [0, 0.05) is 6.54 Å². The van der Waals surface area contributed by atoms with Gasteiger partial charge in [0.25, 0.3) is 0 Å². The number of nitrogens with zero attached hydrogens (tertiary/aromatic N) is 1. The Kier molecular flexibility index (Phi) is 1.29. The predicted octanol–water partition coefficient (Wildman–Crippen LogP) is 0.925. The maximum Gasteiger partial charge on any atom is 0.410 e. The number of cyclic esters (lactones) is 1. The molecule has 0 aromatic carbocycles. The molecule has 1 spiro atoms. The van der Waals surface area contributed by atoms with Gasteiger partial charge in [-0.25, -0.2) is 4.79 Å². The zero-order valence-electron chi connectivity index (χ0n) is 8.39. The van der Waals surface area contributed by atoms with Crippen molar-refractivity contribution in [3.8, 4) is 0 Å². The largest absolute Gasteiger partial charge is 0.447 e. The van der Waals surface area contributed by atoms with Gasteiger partial charge in [-0.05, 0) is 18.8 Å². The molecule has 0 aliphatic carbocycles. The Labute approximate surface area is 87.8 Å². The van der Waals surface area contributed by atoms with Gasteiger partial charge < -0.3 is 9.47 Å². The molecule has 4 aliphatic rings. The second kappa shape index (κ2) is 2.38. The molecule has 4 heterocycles. The summed E-state index contributed by atoms with van der Waals surface area (Å²) in [6.45, 7) is 1.33. The van der Waals surface area contributed by atoms with Gasteiger partial charge in [-0.15, -0.1) is 0 Å². The minimum Gasteiger partial charge on any atom is -0.447 e. The lowest BCUT2D eigenvalue weighted by molar-refractivity contribution is -0.0576. The van der Waals surface area contributed by atoms with Crippen molar-refractivity contribution in [3.63, 3.8) is 0 Å². The summed E-state index contributed by atoms with van der Waals surface area (Å²) in [5.41, 5.74) is -0.213. The highest BCUT2D eigenvalue weighted by molar-refractivity contribution is 5.71. The molecule has 0 unspecified atom stereocenters. The molecule has 0 aromatic rings. The highest BCUT2D eigenvalue weighted by Gasteiger charge is 2.61. The minimum atomic E-state index is -0.213. The smallest absolute Gasteiger partial charge is 0.410 e. The van der Waals surface area contributed by atoms with Crippen LogP contribution in [0.2, 0.25) is 0 Å². The molecule has 0 radical (unpaired) electrons. The fourth-order valence-corrected chi connectivity index (χ4v) is 3.59. The first-order valence-corrected chi connectivity index (χ1v) is 5.60. The van der Waals surface area contributed by atoms with Gasteiger partial charge in [0.2, 0.25) is 0 Å². The minimum absolute atomic E-state index is 0.118. The number of hydrogen-bond donors (Lipinski definition) is 0. The number of ether oxygens (including phenoxy) is 2. The summed E-state index contributed by atoms with van der Waals surface area (Å²) in [4.78, 5) is 13.3. The number of rotatable bonds is 0. The van der Waals surface area contributed by atoms with E-state index in [1.165, 1.54) is 0 Å². The molecule has 3 saturated heterocycles. The van der Waals surface area contributed by atoms with Crippen molar-refractivity contribution < 1.29 is 14.3 Å². The van der Waals surface area contributed by atoms with Crippen LogP contribution >= 0.6 is 0 Å². The number of piperidine rings is 1. The lowest BCUT2D eigenvalue weighted by atomic mass is 9.73. The van der Waals surface area contributed by atoms with Crippen LogP contribution in [0.4, 0.5) is 4.79 Å². The SMILES string of the molecule is O=C1OC[C@H]2N1CC[C@H]1C[C@@H]3C=C[C@]12O3. The third kappa shape index (κ3) is 0.807. The Bertz CT molecular complexity index is 367. The quantitative estimate of drug-likeness (QED) is 0.554. The first kappa shape index (κ1) is 8.16. The van der Waals surface area contributed by atoms with Gasteiger partial charge in [0.05, 0.1) is 6.10 Å². The van der Waals surface area contributed by atoms with E-state index in [0.29, 0.717) is 12.5 Å². The molecular formula is C11H13NO3. The molecule has 4 aliphatic heterocycles. The molecule has 0 aromatic heterocycles. The molecule has 15 heavy (non-hydrogen) atoms. The number of carbonyl (C=O) groups excluding carboxylic acids is 1. The molecule has 4 heteroatoms. The zero-order chi connectivity index (χ0) is 10.0. The van der Waals surface area contributed by atoms with Gasteiger partial charge in [-0.2, -0.15) is 0 Å². The fraction of sp³-hybridized carbons (Fsp3) is 0.727. The van der Waals surface area contributed by atoms with E-state index in [-0.39, 0.29) is 23.8 Å². The van der Waals surface area contributed by atoms with Crippen LogP contribution < -0.4 is 0 Å². The Morgan fingerprint density at radius 1 is 1.53 bits per heavy atom. The Morgan fingerprint density at radius 3 is 3.33 bits per heavy atom. The summed E-state index contributed by atoms with van der Waals surface area (Å²) in [5.74, 6) is 0.586. The second-order valence-electron chi connectivity index (χ2n) is 4.88. The number of hydrogen-bond acceptors (Lipinski definition) is 3. The van der Waals surface area contributed by atoms with Crippen LogP contribution in [0.1, 0.15) is 12.8 Å². The molecule has 4 nitrogen and oxygen atoms in total. The van der Waals surface area contributed by atoms with E-state index in [9.17, 15) is 4.79 Å². The highest BCUT2D eigenvalue weighted by atomic mass is 16.6. The van der Waals surface area contributed by atoms with Crippen molar-refractivity contribution in [1.29, 1.82) is 0 Å². The molecule has 80 valence electrons. The van der Waals surface area contributed by atoms with Crippen LogP contribution in [0.3, 0.4) is 0 Å². The van der Waals surface area contributed by atoms with Crippen LogP contribution in [0, 0.1) is 5.92 Å². The van der Waals surface area contributed by atoms with E-state index in [4.69, 9.17) is 9.47 Å². The topological polar surface area (TPSA) is 38.8 Å². The molecular weight excluding hydrogens is 194 g/mol. The Hall–Kier alpha value is -1.03. The van der Waals surface area contributed by atoms with Crippen molar-refractivity contribution >= 4 is 6.09 Å². The number of fused-ring (bicyclic) bond motifs is 2. The maximum absolute atomic E-state index is 11.5. The van der Waals surface area contributed by atoms with Crippen molar-refractivity contribution in [3.05, 3.63) is 12.2 Å². The Balaban J connectivity index is 1.79. The van der Waals surface area contributed by atoms with E-state index in [1.54, 1.807) is 0 Å². The second-order valence-corrected chi connectivity index (χ2v) is 4.88. The molecule has 4 rings (SSSR count).